The summed E-state index contributed by atoms with van der Waals surface area (Å²) in [6.07, 6.45) is 0. The number of hydrogen-bond acceptors (Lipinski definition) is 5. The van der Waals surface area contributed by atoms with Crippen LogP contribution in [0.5, 0.6) is 5.75 Å². The molecular formula is C11H11NO3S2. The zero-order valence-corrected chi connectivity index (χ0v) is 11.0. The summed E-state index contributed by atoms with van der Waals surface area (Å²) in [5.41, 5.74) is 0.842. The fourth-order valence-corrected chi connectivity index (χ4v) is 3.39. The number of methoxy groups -OCH3 is 1. The Morgan fingerprint density at radius 3 is 3.00 bits per heavy atom. The van der Waals surface area contributed by atoms with Crippen LogP contribution in [0.25, 0.3) is 10.2 Å². The van der Waals surface area contributed by atoms with Crippen molar-refractivity contribution in [1.82, 2.24) is 4.98 Å². The second-order valence-corrected chi connectivity index (χ2v) is 6.03. The highest BCUT2D eigenvalue weighted by atomic mass is 32.2. The first-order valence-corrected chi connectivity index (χ1v) is 6.64. The van der Waals surface area contributed by atoms with Crippen LogP contribution >= 0.6 is 23.1 Å². The number of aromatic nitrogens is 1. The molecule has 0 aliphatic heterocycles. The summed E-state index contributed by atoms with van der Waals surface area (Å²) in [6.45, 7) is 1.65. The molecule has 0 aliphatic rings. The summed E-state index contributed by atoms with van der Waals surface area (Å²) < 4.78 is 6.91. The van der Waals surface area contributed by atoms with Crippen LogP contribution in [0.1, 0.15) is 6.92 Å². The number of thioether (sulfide) groups is 1. The number of carboxylic acid groups (broad SMARTS) is 1. The summed E-state index contributed by atoms with van der Waals surface area (Å²) >= 11 is 2.75. The van der Waals surface area contributed by atoms with E-state index in [0.717, 1.165) is 20.3 Å². The number of benzene rings is 1. The lowest BCUT2D eigenvalue weighted by Gasteiger charge is -2.00. The third-order valence-electron chi connectivity index (χ3n) is 2.20. The molecule has 1 atom stereocenters. The topological polar surface area (TPSA) is 59.4 Å². The minimum absolute atomic E-state index is 0.488. The van der Waals surface area contributed by atoms with Crippen LogP contribution in [-0.2, 0) is 4.79 Å². The molecule has 0 amide bonds. The van der Waals surface area contributed by atoms with Crippen LogP contribution in [0.3, 0.4) is 0 Å². The van der Waals surface area contributed by atoms with Gasteiger partial charge in [0.15, 0.2) is 4.34 Å². The van der Waals surface area contributed by atoms with Crippen molar-refractivity contribution in [2.45, 2.75) is 16.5 Å². The first kappa shape index (κ1) is 12.2. The summed E-state index contributed by atoms with van der Waals surface area (Å²) in [4.78, 5) is 15.1. The first-order chi connectivity index (χ1) is 8.10. The van der Waals surface area contributed by atoms with Gasteiger partial charge in [-0.1, -0.05) is 11.8 Å². The maximum Gasteiger partial charge on any atom is 0.316 e. The summed E-state index contributed by atoms with van der Waals surface area (Å²) in [5.74, 6) is -0.0718. The average Bonchev–Trinajstić information content (AvgIpc) is 2.69. The van der Waals surface area contributed by atoms with Gasteiger partial charge in [0.05, 0.1) is 17.3 Å². The van der Waals surface area contributed by atoms with E-state index in [-0.39, 0.29) is 0 Å². The van der Waals surface area contributed by atoms with Crippen molar-refractivity contribution in [3.05, 3.63) is 18.2 Å². The Balaban J connectivity index is 2.28. The molecule has 0 spiro atoms. The number of thiazole rings is 1. The number of carboxylic acids is 1. The van der Waals surface area contributed by atoms with Crippen molar-refractivity contribution < 1.29 is 14.6 Å². The average molecular weight is 269 g/mol. The molecular weight excluding hydrogens is 258 g/mol. The standard InChI is InChI=1S/C11H11NO3S2/c1-6(10(13)14)16-11-12-8-5-7(15-2)3-4-9(8)17-11/h3-6H,1-2H3,(H,13,14)/t6-/m1/s1. The van der Waals surface area contributed by atoms with Gasteiger partial charge in [0, 0.05) is 6.07 Å². The molecule has 0 bridgehead atoms. The van der Waals surface area contributed by atoms with E-state index >= 15 is 0 Å². The van der Waals surface area contributed by atoms with Crippen molar-refractivity contribution in [2.75, 3.05) is 7.11 Å². The van der Waals surface area contributed by atoms with Crippen molar-refractivity contribution in [2.24, 2.45) is 0 Å². The predicted molar refractivity (Wildman–Crippen MR) is 69.1 cm³/mol. The largest absolute Gasteiger partial charge is 0.497 e. The van der Waals surface area contributed by atoms with Gasteiger partial charge < -0.3 is 9.84 Å². The van der Waals surface area contributed by atoms with Gasteiger partial charge in [-0.05, 0) is 19.1 Å². The molecule has 0 fully saturated rings. The fraction of sp³-hybridized carbons (Fsp3) is 0.273. The maximum atomic E-state index is 10.8. The Hall–Kier alpha value is -1.27. The molecule has 1 N–H and O–H groups in total. The third-order valence-corrected chi connectivity index (χ3v) is 4.42. The van der Waals surface area contributed by atoms with E-state index in [1.165, 1.54) is 23.1 Å². The van der Waals surface area contributed by atoms with E-state index in [1.54, 1.807) is 14.0 Å². The highest BCUT2D eigenvalue weighted by Gasteiger charge is 2.15. The molecule has 1 aromatic carbocycles. The van der Waals surface area contributed by atoms with Gasteiger partial charge in [0.1, 0.15) is 11.0 Å². The van der Waals surface area contributed by atoms with Gasteiger partial charge in [0.25, 0.3) is 0 Å². The van der Waals surface area contributed by atoms with E-state index in [4.69, 9.17) is 9.84 Å². The second-order valence-electron chi connectivity index (χ2n) is 3.41. The highest BCUT2D eigenvalue weighted by molar-refractivity contribution is 8.02. The summed E-state index contributed by atoms with van der Waals surface area (Å²) in [5, 5.41) is 8.35. The van der Waals surface area contributed by atoms with Gasteiger partial charge in [-0.2, -0.15) is 0 Å². The van der Waals surface area contributed by atoms with Crippen LogP contribution in [-0.4, -0.2) is 28.4 Å². The number of rotatable bonds is 4. The number of fused-ring (bicyclic) bond motifs is 1. The normalized spacial score (nSPS) is 12.6. The quantitative estimate of drug-likeness (QED) is 0.865. The molecule has 0 aliphatic carbocycles. The van der Waals surface area contributed by atoms with E-state index in [9.17, 15) is 4.79 Å². The van der Waals surface area contributed by atoms with Gasteiger partial charge >= 0.3 is 5.97 Å². The van der Waals surface area contributed by atoms with E-state index in [0.29, 0.717) is 0 Å². The molecule has 0 saturated carbocycles. The zero-order chi connectivity index (χ0) is 12.4. The summed E-state index contributed by atoms with van der Waals surface area (Å²) in [7, 11) is 1.61. The molecule has 0 unspecified atom stereocenters. The number of carbonyl (C=O) groups is 1. The van der Waals surface area contributed by atoms with E-state index in [2.05, 4.69) is 4.98 Å². The molecule has 2 rings (SSSR count). The smallest absolute Gasteiger partial charge is 0.316 e. The third kappa shape index (κ3) is 2.70. The molecule has 6 heteroatoms. The highest BCUT2D eigenvalue weighted by Crippen LogP contribution is 2.33. The molecule has 2 aromatic rings. The van der Waals surface area contributed by atoms with Crippen LogP contribution in [0.2, 0.25) is 0 Å². The van der Waals surface area contributed by atoms with Gasteiger partial charge in [-0.25, -0.2) is 4.98 Å². The fourth-order valence-electron chi connectivity index (χ4n) is 1.27. The van der Waals surface area contributed by atoms with Crippen LogP contribution < -0.4 is 4.74 Å². The Labute approximate surface area is 107 Å². The molecule has 0 saturated heterocycles. The Bertz CT molecular complexity index is 553. The molecule has 90 valence electrons. The van der Waals surface area contributed by atoms with Crippen LogP contribution in [0.4, 0.5) is 0 Å². The Morgan fingerprint density at radius 2 is 2.35 bits per heavy atom. The maximum absolute atomic E-state index is 10.8. The molecule has 1 aromatic heterocycles. The van der Waals surface area contributed by atoms with Crippen molar-refractivity contribution in [3.63, 3.8) is 0 Å². The molecule has 1 heterocycles. The number of hydrogen-bond donors (Lipinski definition) is 1. The first-order valence-electron chi connectivity index (χ1n) is 4.94. The lowest BCUT2D eigenvalue weighted by molar-refractivity contribution is -0.136. The number of nitrogens with zero attached hydrogens (tertiary/aromatic N) is 1. The second kappa shape index (κ2) is 4.93. The van der Waals surface area contributed by atoms with Gasteiger partial charge in [-0.15, -0.1) is 11.3 Å². The van der Waals surface area contributed by atoms with E-state index in [1.807, 2.05) is 18.2 Å². The predicted octanol–water partition coefficient (Wildman–Crippen LogP) is 2.87. The molecule has 4 nitrogen and oxygen atoms in total. The van der Waals surface area contributed by atoms with Gasteiger partial charge in [-0.3, -0.25) is 4.79 Å². The van der Waals surface area contributed by atoms with Crippen LogP contribution in [0.15, 0.2) is 22.5 Å². The minimum Gasteiger partial charge on any atom is -0.497 e. The van der Waals surface area contributed by atoms with Crippen molar-refractivity contribution >= 4 is 39.3 Å². The lowest BCUT2D eigenvalue weighted by Crippen LogP contribution is -2.10. The van der Waals surface area contributed by atoms with E-state index < -0.39 is 11.2 Å². The lowest BCUT2D eigenvalue weighted by atomic mass is 10.3. The van der Waals surface area contributed by atoms with Crippen molar-refractivity contribution in [3.8, 4) is 5.75 Å². The summed E-state index contributed by atoms with van der Waals surface area (Å²) in [6, 6.07) is 5.65. The SMILES string of the molecule is COc1ccc2sc(S[C@H](C)C(=O)O)nc2c1. The monoisotopic (exact) mass is 269 g/mol. The van der Waals surface area contributed by atoms with Crippen LogP contribution in [0, 0.1) is 0 Å². The van der Waals surface area contributed by atoms with Crippen molar-refractivity contribution in [1.29, 1.82) is 0 Å². The number of aliphatic carboxylic acids is 1. The Morgan fingerprint density at radius 1 is 1.59 bits per heavy atom. The van der Waals surface area contributed by atoms with Gasteiger partial charge in [0.2, 0.25) is 0 Å². The number of ether oxygens (including phenoxy) is 1. The molecule has 0 radical (unpaired) electrons. The minimum atomic E-state index is -0.827. The zero-order valence-electron chi connectivity index (χ0n) is 9.34. The molecule has 17 heavy (non-hydrogen) atoms. The Kier molecular flexibility index (Phi) is 3.54.